The molecule has 4 nitrogen and oxygen atoms in total. The molecule has 1 aromatic rings. The van der Waals surface area contributed by atoms with Gasteiger partial charge in [0.1, 0.15) is 0 Å². The minimum absolute atomic E-state index is 0.529. The van der Waals surface area contributed by atoms with Crippen molar-refractivity contribution in [3.8, 4) is 0 Å². The van der Waals surface area contributed by atoms with Gasteiger partial charge in [-0.25, -0.2) is 0 Å². The van der Waals surface area contributed by atoms with Crippen LogP contribution in [0, 0.1) is 0 Å². The number of rotatable bonds is 3. The average molecular weight is 209 g/mol. The summed E-state index contributed by atoms with van der Waals surface area (Å²) in [5, 5.41) is 7.09. The van der Waals surface area contributed by atoms with Crippen LogP contribution in [0.1, 0.15) is 56.2 Å². The van der Waals surface area contributed by atoms with Crippen LogP contribution < -0.4 is 5.32 Å². The smallest absolute Gasteiger partial charge is 0.240 e. The Kier molecular flexibility index (Phi) is 3.72. The number of nitrogens with one attached hydrogen (secondary N) is 1. The first-order valence-corrected chi connectivity index (χ1v) is 5.87. The quantitative estimate of drug-likeness (QED) is 0.775. The standard InChI is InChI=1S/C11H19N3O/c1-12-8-10-13-11(14-15-10)9-6-4-2-3-5-7-9/h9,12H,2-8H2,1H3. The van der Waals surface area contributed by atoms with Crippen LogP contribution in [0.5, 0.6) is 0 Å². The lowest BCUT2D eigenvalue weighted by Crippen LogP contribution is -2.06. The molecule has 15 heavy (non-hydrogen) atoms. The maximum Gasteiger partial charge on any atom is 0.240 e. The Balaban J connectivity index is 2.00. The first-order chi connectivity index (χ1) is 7.40. The molecule has 1 heterocycles. The summed E-state index contributed by atoms with van der Waals surface area (Å²) >= 11 is 0. The topological polar surface area (TPSA) is 51.0 Å². The van der Waals surface area contributed by atoms with Crippen molar-refractivity contribution in [2.45, 2.75) is 51.0 Å². The first kappa shape index (κ1) is 10.6. The van der Waals surface area contributed by atoms with Crippen molar-refractivity contribution >= 4 is 0 Å². The van der Waals surface area contributed by atoms with Crippen molar-refractivity contribution in [3.63, 3.8) is 0 Å². The highest BCUT2D eigenvalue weighted by Gasteiger charge is 2.19. The third-order valence-electron chi connectivity index (χ3n) is 3.03. The van der Waals surface area contributed by atoms with E-state index in [-0.39, 0.29) is 0 Å². The van der Waals surface area contributed by atoms with E-state index in [0.717, 1.165) is 5.82 Å². The van der Waals surface area contributed by atoms with Gasteiger partial charge in [-0.05, 0) is 19.9 Å². The Morgan fingerprint density at radius 2 is 2.00 bits per heavy atom. The van der Waals surface area contributed by atoms with E-state index in [0.29, 0.717) is 18.4 Å². The maximum absolute atomic E-state index is 5.18. The molecular weight excluding hydrogens is 190 g/mol. The van der Waals surface area contributed by atoms with Crippen LogP contribution in [0.2, 0.25) is 0 Å². The van der Waals surface area contributed by atoms with Crippen molar-refractivity contribution in [2.24, 2.45) is 0 Å². The molecule has 0 bridgehead atoms. The minimum atomic E-state index is 0.529. The predicted octanol–water partition coefficient (Wildman–Crippen LogP) is 2.23. The Bertz CT molecular complexity index is 290. The van der Waals surface area contributed by atoms with Gasteiger partial charge in [0.25, 0.3) is 0 Å². The number of hydrogen-bond donors (Lipinski definition) is 1. The average Bonchev–Trinajstić information content (AvgIpc) is 2.53. The van der Waals surface area contributed by atoms with Crippen molar-refractivity contribution in [2.75, 3.05) is 7.05 Å². The zero-order valence-electron chi connectivity index (χ0n) is 9.33. The van der Waals surface area contributed by atoms with E-state index in [2.05, 4.69) is 15.5 Å². The van der Waals surface area contributed by atoms with Crippen LogP contribution in [-0.2, 0) is 6.54 Å². The van der Waals surface area contributed by atoms with Crippen molar-refractivity contribution in [1.29, 1.82) is 0 Å². The largest absolute Gasteiger partial charge is 0.338 e. The third kappa shape index (κ3) is 2.78. The van der Waals surface area contributed by atoms with Gasteiger partial charge in [-0.1, -0.05) is 30.8 Å². The SMILES string of the molecule is CNCc1nc(C2CCCCCC2)no1. The first-order valence-electron chi connectivity index (χ1n) is 5.87. The number of aromatic nitrogens is 2. The van der Waals surface area contributed by atoms with E-state index in [1.54, 1.807) is 0 Å². The summed E-state index contributed by atoms with van der Waals surface area (Å²) < 4.78 is 5.18. The molecule has 0 unspecified atom stereocenters. The summed E-state index contributed by atoms with van der Waals surface area (Å²) in [6.45, 7) is 0.666. The summed E-state index contributed by atoms with van der Waals surface area (Å²) in [4.78, 5) is 4.43. The molecule has 0 radical (unpaired) electrons. The highest BCUT2D eigenvalue weighted by atomic mass is 16.5. The van der Waals surface area contributed by atoms with Crippen LogP contribution in [0.4, 0.5) is 0 Å². The Hall–Kier alpha value is -0.900. The molecule has 1 saturated carbocycles. The summed E-state index contributed by atoms with van der Waals surface area (Å²) in [5.74, 6) is 2.15. The number of hydrogen-bond acceptors (Lipinski definition) is 4. The highest BCUT2D eigenvalue weighted by molar-refractivity contribution is 4.96. The molecule has 0 atom stereocenters. The highest BCUT2D eigenvalue weighted by Crippen LogP contribution is 2.29. The lowest BCUT2D eigenvalue weighted by atomic mass is 10.00. The van der Waals surface area contributed by atoms with Crippen LogP contribution in [-0.4, -0.2) is 17.2 Å². The van der Waals surface area contributed by atoms with Gasteiger partial charge in [-0.15, -0.1) is 0 Å². The van der Waals surface area contributed by atoms with E-state index in [9.17, 15) is 0 Å². The summed E-state index contributed by atoms with van der Waals surface area (Å²) in [7, 11) is 1.88. The molecule has 1 N–H and O–H groups in total. The van der Waals surface area contributed by atoms with Gasteiger partial charge in [-0.3, -0.25) is 0 Å². The van der Waals surface area contributed by atoms with Gasteiger partial charge < -0.3 is 9.84 Å². The third-order valence-corrected chi connectivity index (χ3v) is 3.03. The molecule has 0 aromatic carbocycles. The zero-order chi connectivity index (χ0) is 10.5. The van der Waals surface area contributed by atoms with Crippen LogP contribution >= 0.6 is 0 Å². The lowest BCUT2D eigenvalue weighted by Gasteiger charge is -2.07. The second-order valence-corrected chi connectivity index (χ2v) is 4.27. The predicted molar refractivity (Wildman–Crippen MR) is 57.5 cm³/mol. The van der Waals surface area contributed by atoms with E-state index in [1.165, 1.54) is 38.5 Å². The molecule has 2 rings (SSSR count). The molecular formula is C11H19N3O. The summed E-state index contributed by atoms with van der Waals surface area (Å²) in [6, 6.07) is 0. The molecule has 1 aliphatic rings. The molecule has 1 aliphatic carbocycles. The van der Waals surface area contributed by atoms with E-state index in [1.807, 2.05) is 7.05 Å². The molecule has 0 aliphatic heterocycles. The second kappa shape index (κ2) is 5.26. The van der Waals surface area contributed by atoms with Gasteiger partial charge in [0.05, 0.1) is 6.54 Å². The second-order valence-electron chi connectivity index (χ2n) is 4.27. The van der Waals surface area contributed by atoms with Gasteiger partial charge in [-0.2, -0.15) is 4.98 Å². The molecule has 0 saturated heterocycles. The Morgan fingerprint density at radius 3 is 2.67 bits per heavy atom. The van der Waals surface area contributed by atoms with Crippen LogP contribution in [0.25, 0.3) is 0 Å². The fraction of sp³-hybridized carbons (Fsp3) is 0.818. The normalized spacial score (nSPS) is 19.0. The molecule has 84 valence electrons. The zero-order valence-corrected chi connectivity index (χ0v) is 9.33. The Labute approximate surface area is 90.4 Å². The molecule has 1 fully saturated rings. The molecule has 1 aromatic heterocycles. The number of nitrogens with zero attached hydrogens (tertiary/aromatic N) is 2. The van der Waals surface area contributed by atoms with Crippen LogP contribution in [0.15, 0.2) is 4.52 Å². The molecule has 0 amide bonds. The van der Waals surface area contributed by atoms with Gasteiger partial charge in [0.2, 0.25) is 5.89 Å². The van der Waals surface area contributed by atoms with Gasteiger partial charge in [0.15, 0.2) is 5.82 Å². The maximum atomic E-state index is 5.18. The van der Waals surface area contributed by atoms with E-state index in [4.69, 9.17) is 4.52 Å². The van der Waals surface area contributed by atoms with Crippen molar-refractivity contribution in [3.05, 3.63) is 11.7 Å². The van der Waals surface area contributed by atoms with Gasteiger partial charge >= 0.3 is 0 Å². The fourth-order valence-corrected chi connectivity index (χ4v) is 2.19. The summed E-state index contributed by atoms with van der Waals surface area (Å²) in [5.41, 5.74) is 0. The minimum Gasteiger partial charge on any atom is -0.338 e. The van der Waals surface area contributed by atoms with E-state index < -0.39 is 0 Å². The van der Waals surface area contributed by atoms with Crippen molar-refractivity contribution in [1.82, 2.24) is 15.5 Å². The molecule has 4 heteroatoms. The fourth-order valence-electron chi connectivity index (χ4n) is 2.19. The van der Waals surface area contributed by atoms with Crippen molar-refractivity contribution < 1.29 is 4.52 Å². The summed E-state index contributed by atoms with van der Waals surface area (Å²) in [6.07, 6.45) is 7.77. The molecule has 0 spiro atoms. The monoisotopic (exact) mass is 209 g/mol. The lowest BCUT2D eigenvalue weighted by molar-refractivity contribution is 0.361. The van der Waals surface area contributed by atoms with Gasteiger partial charge in [0, 0.05) is 5.92 Å². The Morgan fingerprint density at radius 1 is 1.27 bits per heavy atom. The van der Waals surface area contributed by atoms with Crippen LogP contribution in [0.3, 0.4) is 0 Å². The van der Waals surface area contributed by atoms with E-state index >= 15 is 0 Å².